The van der Waals surface area contributed by atoms with Crippen LogP contribution in [-0.4, -0.2) is 17.4 Å². The number of benzene rings is 1. The van der Waals surface area contributed by atoms with Crippen LogP contribution in [0.1, 0.15) is 11.3 Å². The lowest BCUT2D eigenvalue weighted by Gasteiger charge is -2.01. The first-order chi connectivity index (χ1) is 7.72. The molecule has 1 aromatic heterocycles. The van der Waals surface area contributed by atoms with Crippen LogP contribution in [0.15, 0.2) is 28.8 Å². The van der Waals surface area contributed by atoms with E-state index in [9.17, 15) is 5.11 Å². The highest BCUT2D eigenvalue weighted by Crippen LogP contribution is 2.27. The Hall–Kier alpha value is -1.81. The van der Waals surface area contributed by atoms with Crippen LogP contribution in [0.3, 0.4) is 0 Å². The van der Waals surface area contributed by atoms with Gasteiger partial charge in [-0.05, 0) is 31.2 Å². The molecule has 0 aliphatic rings. The number of aromatic hydroxyl groups is 1. The quantitative estimate of drug-likeness (QED) is 0.861. The Morgan fingerprint density at radius 1 is 1.31 bits per heavy atom. The number of methoxy groups -OCH3 is 1. The van der Waals surface area contributed by atoms with Gasteiger partial charge in [0.2, 0.25) is 0 Å². The third-order valence-corrected chi connectivity index (χ3v) is 2.40. The lowest BCUT2D eigenvalue weighted by atomic mass is 10.1. The van der Waals surface area contributed by atoms with Crippen molar-refractivity contribution in [2.24, 2.45) is 0 Å². The van der Waals surface area contributed by atoms with Crippen LogP contribution in [0, 0.1) is 6.92 Å². The van der Waals surface area contributed by atoms with Crippen molar-refractivity contribution < 1.29 is 14.4 Å². The number of rotatable bonds is 3. The second-order valence-electron chi connectivity index (χ2n) is 3.56. The maximum Gasteiger partial charge on any atom is 0.172 e. The van der Waals surface area contributed by atoms with Gasteiger partial charge in [0.25, 0.3) is 0 Å². The molecule has 2 rings (SSSR count). The number of hydrogen-bond donors (Lipinski definition) is 1. The highest BCUT2D eigenvalue weighted by atomic mass is 16.5. The van der Waals surface area contributed by atoms with E-state index in [0.29, 0.717) is 12.4 Å². The van der Waals surface area contributed by atoms with Crippen molar-refractivity contribution in [1.82, 2.24) is 5.16 Å². The van der Waals surface area contributed by atoms with Gasteiger partial charge in [0.15, 0.2) is 5.76 Å². The fraction of sp³-hybridized carbons (Fsp3) is 0.250. The Morgan fingerprint density at radius 2 is 2.00 bits per heavy atom. The Morgan fingerprint density at radius 3 is 2.62 bits per heavy atom. The first-order valence-electron chi connectivity index (χ1n) is 4.96. The molecule has 1 heterocycles. The zero-order valence-electron chi connectivity index (χ0n) is 9.23. The van der Waals surface area contributed by atoms with Gasteiger partial charge in [0.1, 0.15) is 5.75 Å². The minimum Gasteiger partial charge on any atom is -0.508 e. The molecular formula is C12H13NO3. The summed E-state index contributed by atoms with van der Waals surface area (Å²) in [6, 6.07) is 6.80. The third kappa shape index (κ3) is 1.92. The van der Waals surface area contributed by atoms with Crippen molar-refractivity contribution in [3.63, 3.8) is 0 Å². The second-order valence-corrected chi connectivity index (χ2v) is 3.56. The smallest absolute Gasteiger partial charge is 0.172 e. The van der Waals surface area contributed by atoms with Gasteiger partial charge in [-0.25, -0.2) is 0 Å². The highest BCUT2D eigenvalue weighted by Gasteiger charge is 2.14. The second kappa shape index (κ2) is 4.37. The fourth-order valence-electron chi connectivity index (χ4n) is 1.54. The predicted molar refractivity (Wildman–Crippen MR) is 59.1 cm³/mol. The van der Waals surface area contributed by atoms with Gasteiger partial charge in [0.05, 0.1) is 12.3 Å². The zero-order chi connectivity index (χ0) is 11.5. The van der Waals surface area contributed by atoms with Crippen LogP contribution in [0.4, 0.5) is 0 Å². The molecule has 84 valence electrons. The fourth-order valence-corrected chi connectivity index (χ4v) is 1.54. The number of hydrogen-bond acceptors (Lipinski definition) is 4. The monoisotopic (exact) mass is 219 g/mol. The average molecular weight is 219 g/mol. The Labute approximate surface area is 93.5 Å². The van der Waals surface area contributed by atoms with Gasteiger partial charge >= 0.3 is 0 Å². The first-order valence-corrected chi connectivity index (χ1v) is 4.96. The van der Waals surface area contributed by atoms with Crippen molar-refractivity contribution in [3.8, 4) is 17.1 Å². The van der Waals surface area contributed by atoms with Crippen molar-refractivity contribution >= 4 is 0 Å². The van der Waals surface area contributed by atoms with Crippen molar-refractivity contribution in [2.75, 3.05) is 7.11 Å². The summed E-state index contributed by atoms with van der Waals surface area (Å²) in [4.78, 5) is 0. The molecule has 2 aromatic rings. The molecule has 4 nitrogen and oxygen atoms in total. The Balaban J connectivity index is 2.43. The molecule has 1 aromatic carbocycles. The SMILES string of the molecule is COCc1c(C)noc1-c1ccc(O)cc1. The standard InChI is InChI=1S/C12H13NO3/c1-8-11(7-15-2)12(16-13-8)9-3-5-10(14)6-4-9/h3-6,14H,7H2,1-2H3. The number of aryl methyl sites for hydroxylation is 1. The summed E-state index contributed by atoms with van der Waals surface area (Å²) in [5.41, 5.74) is 2.64. The van der Waals surface area contributed by atoms with Gasteiger partial charge in [0, 0.05) is 18.2 Å². The number of nitrogens with zero attached hydrogens (tertiary/aromatic N) is 1. The lowest BCUT2D eigenvalue weighted by molar-refractivity contribution is 0.184. The van der Waals surface area contributed by atoms with E-state index in [1.54, 1.807) is 31.4 Å². The van der Waals surface area contributed by atoms with Crippen molar-refractivity contribution in [3.05, 3.63) is 35.5 Å². The van der Waals surface area contributed by atoms with Gasteiger partial charge in [-0.1, -0.05) is 5.16 Å². The van der Waals surface area contributed by atoms with Gasteiger partial charge in [-0.15, -0.1) is 0 Å². The summed E-state index contributed by atoms with van der Waals surface area (Å²) in [6.45, 7) is 2.34. The molecule has 0 saturated carbocycles. The molecule has 0 amide bonds. The van der Waals surface area contributed by atoms with Crippen LogP contribution in [0.2, 0.25) is 0 Å². The molecule has 0 bridgehead atoms. The van der Waals surface area contributed by atoms with E-state index in [1.165, 1.54) is 0 Å². The molecule has 0 saturated heterocycles. The summed E-state index contributed by atoms with van der Waals surface area (Å²) >= 11 is 0. The maximum atomic E-state index is 9.21. The van der Waals surface area contributed by atoms with Crippen LogP contribution < -0.4 is 0 Å². The predicted octanol–water partition coefficient (Wildman–Crippen LogP) is 2.50. The molecule has 0 fully saturated rings. The van der Waals surface area contributed by atoms with E-state index in [2.05, 4.69) is 5.16 Å². The third-order valence-electron chi connectivity index (χ3n) is 2.40. The van der Waals surface area contributed by atoms with E-state index < -0.39 is 0 Å². The molecule has 4 heteroatoms. The summed E-state index contributed by atoms with van der Waals surface area (Å²) in [5, 5.41) is 13.1. The average Bonchev–Trinajstić information content (AvgIpc) is 2.63. The summed E-state index contributed by atoms with van der Waals surface area (Å²) in [6.07, 6.45) is 0. The van der Waals surface area contributed by atoms with Crippen LogP contribution >= 0.6 is 0 Å². The molecule has 0 aliphatic carbocycles. The molecule has 16 heavy (non-hydrogen) atoms. The molecule has 0 atom stereocenters. The summed E-state index contributed by atoms with van der Waals surface area (Å²) < 4.78 is 10.4. The molecule has 0 unspecified atom stereocenters. The zero-order valence-corrected chi connectivity index (χ0v) is 9.23. The summed E-state index contributed by atoms with van der Waals surface area (Å²) in [7, 11) is 1.63. The van der Waals surface area contributed by atoms with Gasteiger partial charge < -0.3 is 14.4 Å². The first kappa shape index (κ1) is 10.7. The van der Waals surface area contributed by atoms with E-state index in [0.717, 1.165) is 16.8 Å². The largest absolute Gasteiger partial charge is 0.508 e. The van der Waals surface area contributed by atoms with Crippen LogP contribution in [0.25, 0.3) is 11.3 Å². The number of phenolic OH excluding ortho intramolecular Hbond substituents is 1. The van der Waals surface area contributed by atoms with Crippen molar-refractivity contribution in [1.29, 1.82) is 0 Å². The lowest BCUT2D eigenvalue weighted by Crippen LogP contribution is -1.90. The molecule has 0 aliphatic heterocycles. The highest BCUT2D eigenvalue weighted by molar-refractivity contribution is 5.62. The van der Waals surface area contributed by atoms with Crippen LogP contribution in [-0.2, 0) is 11.3 Å². The Kier molecular flexibility index (Phi) is 2.92. The molecule has 0 radical (unpaired) electrons. The van der Waals surface area contributed by atoms with E-state index >= 15 is 0 Å². The van der Waals surface area contributed by atoms with Gasteiger partial charge in [-0.2, -0.15) is 0 Å². The van der Waals surface area contributed by atoms with Crippen LogP contribution in [0.5, 0.6) is 5.75 Å². The van der Waals surface area contributed by atoms with E-state index in [1.807, 2.05) is 6.92 Å². The summed E-state index contributed by atoms with van der Waals surface area (Å²) in [5.74, 6) is 0.924. The minimum absolute atomic E-state index is 0.230. The van der Waals surface area contributed by atoms with E-state index in [-0.39, 0.29) is 5.75 Å². The molecular weight excluding hydrogens is 206 g/mol. The molecule has 1 N–H and O–H groups in total. The van der Waals surface area contributed by atoms with E-state index in [4.69, 9.17) is 9.26 Å². The topological polar surface area (TPSA) is 55.5 Å². The number of phenols is 1. The maximum absolute atomic E-state index is 9.21. The molecule has 0 spiro atoms. The van der Waals surface area contributed by atoms with Gasteiger partial charge in [-0.3, -0.25) is 0 Å². The number of ether oxygens (including phenoxy) is 1. The van der Waals surface area contributed by atoms with Crippen molar-refractivity contribution in [2.45, 2.75) is 13.5 Å². The number of aromatic nitrogens is 1. The minimum atomic E-state index is 0.230. The Bertz CT molecular complexity index is 474. The normalized spacial score (nSPS) is 10.6.